The van der Waals surface area contributed by atoms with E-state index in [9.17, 15) is 8.42 Å². The van der Waals surface area contributed by atoms with Crippen LogP contribution in [-0.4, -0.2) is 65.5 Å². The van der Waals surface area contributed by atoms with Gasteiger partial charge in [-0.05, 0) is 45.0 Å². The van der Waals surface area contributed by atoms with Gasteiger partial charge < -0.3 is 9.64 Å². The molecule has 0 spiro atoms. The second-order valence-corrected chi connectivity index (χ2v) is 9.42. The molecule has 0 radical (unpaired) electrons. The van der Waals surface area contributed by atoms with Crippen molar-refractivity contribution in [1.82, 2.24) is 23.8 Å². The Hall–Kier alpha value is -2.98. The predicted molar refractivity (Wildman–Crippen MR) is 117 cm³/mol. The average Bonchev–Trinajstić information content (AvgIpc) is 3.12. The number of hydrogen-bond donors (Lipinski definition) is 0. The number of aryl methyl sites for hydroxylation is 2. The lowest BCUT2D eigenvalue weighted by Crippen LogP contribution is -2.49. The molecule has 2 aromatic heterocycles. The molecule has 4 rings (SSSR count). The summed E-state index contributed by atoms with van der Waals surface area (Å²) in [6, 6.07) is 8.41. The predicted octanol–water partition coefficient (Wildman–Crippen LogP) is 2.11. The molecule has 0 atom stereocenters. The molecule has 3 aromatic rings. The number of rotatable bonds is 5. The van der Waals surface area contributed by atoms with Crippen LogP contribution in [0.15, 0.2) is 41.6 Å². The molecule has 0 unspecified atom stereocenters. The Balaban J connectivity index is 1.51. The lowest BCUT2D eigenvalue weighted by atomic mass is 10.3. The second kappa shape index (κ2) is 8.27. The Morgan fingerprint density at radius 1 is 0.935 bits per heavy atom. The van der Waals surface area contributed by atoms with Gasteiger partial charge in [0.1, 0.15) is 29.5 Å². The SMILES string of the molecule is COc1ccc(S(=O)(=O)N2CCN(c3cc(-n4cnc(C)c4C)nc(C)n3)CC2)cc1. The summed E-state index contributed by atoms with van der Waals surface area (Å²) in [6.45, 7) is 7.69. The van der Waals surface area contributed by atoms with Gasteiger partial charge in [-0.1, -0.05) is 0 Å². The van der Waals surface area contributed by atoms with Gasteiger partial charge in [0.2, 0.25) is 10.0 Å². The fourth-order valence-electron chi connectivity index (χ4n) is 3.61. The highest BCUT2D eigenvalue weighted by molar-refractivity contribution is 7.89. The Kier molecular flexibility index (Phi) is 5.67. The molecule has 9 nitrogen and oxygen atoms in total. The first-order valence-electron chi connectivity index (χ1n) is 10.1. The van der Waals surface area contributed by atoms with Gasteiger partial charge in [-0.15, -0.1) is 0 Å². The summed E-state index contributed by atoms with van der Waals surface area (Å²) in [5.74, 6) is 2.83. The highest BCUT2D eigenvalue weighted by Crippen LogP contribution is 2.23. The molecule has 164 valence electrons. The summed E-state index contributed by atoms with van der Waals surface area (Å²) in [5, 5.41) is 0. The summed E-state index contributed by atoms with van der Waals surface area (Å²) in [5.41, 5.74) is 1.98. The third kappa shape index (κ3) is 4.13. The molecule has 0 amide bonds. The third-order valence-corrected chi connectivity index (χ3v) is 7.48. The standard InChI is InChI=1S/C21H26N6O3S/c1-15-16(2)27(14-22-15)21-13-20(23-17(3)24-21)25-9-11-26(12-10-25)31(28,29)19-7-5-18(30-4)6-8-19/h5-8,13-14H,9-12H2,1-4H3. The van der Waals surface area contributed by atoms with Crippen LogP contribution in [0.5, 0.6) is 5.75 Å². The van der Waals surface area contributed by atoms with E-state index in [-0.39, 0.29) is 4.90 Å². The van der Waals surface area contributed by atoms with E-state index in [1.165, 1.54) is 4.31 Å². The third-order valence-electron chi connectivity index (χ3n) is 5.57. The minimum atomic E-state index is -3.55. The topological polar surface area (TPSA) is 93.5 Å². The van der Waals surface area contributed by atoms with Crippen molar-refractivity contribution in [2.24, 2.45) is 0 Å². The first-order chi connectivity index (χ1) is 14.8. The number of anilines is 1. The van der Waals surface area contributed by atoms with E-state index in [2.05, 4.69) is 19.9 Å². The van der Waals surface area contributed by atoms with Crippen LogP contribution in [0.25, 0.3) is 5.82 Å². The van der Waals surface area contributed by atoms with Crippen LogP contribution in [0, 0.1) is 20.8 Å². The summed E-state index contributed by atoms with van der Waals surface area (Å²) >= 11 is 0. The molecule has 1 aromatic carbocycles. The van der Waals surface area contributed by atoms with E-state index in [1.807, 2.05) is 31.4 Å². The Labute approximate surface area is 182 Å². The highest BCUT2D eigenvalue weighted by atomic mass is 32.2. The van der Waals surface area contributed by atoms with E-state index >= 15 is 0 Å². The number of hydrogen-bond acceptors (Lipinski definition) is 7. The Morgan fingerprint density at radius 2 is 1.58 bits per heavy atom. The molecule has 1 aliphatic rings. The molecule has 3 heterocycles. The van der Waals surface area contributed by atoms with Gasteiger partial charge in [-0.25, -0.2) is 23.4 Å². The van der Waals surface area contributed by atoms with Gasteiger partial charge in [-0.2, -0.15) is 4.31 Å². The number of imidazole rings is 1. The van der Waals surface area contributed by atoms with Crippen LogP contribution in [0.1, 0.15) is 17.2 Å². The zero-order valence-corrected chi connectivity index (χ0v) is 18.9. The normalized spacial score (nSPS) is 15.3. The van der Waals surface area contributed by atoms with Gasteiger partial charge >= 0.3 is 0 Å². The van der Waals surface area contributed by atoms with Gasteiger partial charge in [0.05, 0.1) is 17.7 Å². The molecular weight excluding hydrogens is 416 g/mol. The van der Waals surface area contributed by atoms with Crippen molar-refractivity contribution >= 4 is 15.8 Å². The van der Waals surface area contributed by atoms with Crippen LogP contribution in [0.4, 0.5) is 5.82 Å². The van der Waals surface area contributed by atoms with Gasteiger partial charge in [-0.3, -0.25) is 4.57 Å². The maximum atomic E-state index is 13.0. The summed E-state index contributed by atoms with van der Waals surface area (Å²) in [7, 11) is -1.99. The molecule has 0 aliphatic carbocycles. The molecule has 31 heavy (non-hydrogen) atoms. The monoisotopic (exact) mass is 442 g/mol. The first kappa shape index (κ1) is 21.3. The summed E-state index contributed by atoms with van der Waals surface area (Å²) in [6.07, 6.45) is 1.76. The highest BCUT2D eigenvalue weighted by Gasteiger charge is 2.29. The molecule has 1 aliphatic heterocycles. The van der Waals surface area contributed by atoms with Gasteiger partial charge in [0.25, 0.3) is 0 Å². The lowest BCUT2D eigenvalue weighted by molar-refractivity contribution is 0.383. The Bertz CT molecular complexity index is 1180. The molecular formula is C21H26N6O3S. The average molecular weight is 443 g/mol. The summed E-state index contributed by atoms with van der Waals surface area (Å²) in [4.78, 5) is 15.8. The fourth-order valence-corrected chi connectivity index (χ4v) is 5.03. The summed E-state index contributed by atoms with van der Waals surface area (Å²) < 4.78 is 34.6. The van der Waals surface area contributed by atoms with Crippen molar-refractivity contribution in [2.75, 3.05) is 38.2 Å². The number of piperazine rings is 1. The lowest BCUT2D eigenvalue weighted by Gasteiger charge is -2.34. The second-order valence-electron chi connectivity index (χ2n) is 7.48. The van der Waals surface area contributed by atoms with Crippen molar-refractivity contribution in [3.63, 3.8) is 0 Å². The quantitative estimate of drug-likeness (QED) is 0.597. The number of aromatic nitrogens is 4. The zero-order valence-electron chi connectivity index (χ0n) is 18.1. The van der Waals surface area contributed by atoms with E-state index in [0.29, 0.717) is 37.8 Å². The van der Waals surface area contributed by atoms with Gasteiger partial charge in [0.15, 0.2) is 0 Å². The van der Waals surface area contributed by atoms with E-state index < -0.39 is 10.0 Å². The minimum absolute atomic E-state index is 0.271. The van der Waals surface area contributed by atoms with Crippen molar-refractivity contribution in [1.29, 1.82) is 0 Å². The Morgan fingerprint density at radius 3 is 2.16 bits per heavy atom. The molecule has 0 bridgehead atoms. The maximum Gasteiger partial charge on any atom is 0.243 e. The van der Waals surface area contributed by atoms with Gasteiger partial charge in [0, 0.05) is 37.9 Å². The largest absolute Gasteiger partial charge is 0.497 e. The molecule has 10 heteroatoms. The van der Waals surface area contributed by atoms with Crippen LogP contribution in [0.3, 0.4) is 0 Å². The van der Waals surface area contributed by atoms with Crippen molar-refractivity contribution in [3.05, 3.63) is 53.9 Å². The molecule has 0 N–H and O–H groups in total. The number of benzene rings is 1. The van der Waals surface area contributed by atoms with Crippen LogP contribution in [-0.2, 0) is 10.0 Å². The van der Waals surface area contributed by atoms with E-state index in [1.54, 1.807) is 37.7 Å². The molecule has 1 fully saturated rings. The number of ether oxygens (including phenoxy) is 1. The van der Waals surface area contributed by atoms with E-state index in [4.69, 9.17) is 4.74 Å². The molecule has 1 saturated heterocycles. The maximum absolute atomic E-state index is 13.0. The van der Waals surface area contributed by atoms with Crippen LogP contribution < -0.4 is 9.64 Å². The fraction of sp³-hybridized carbons (Fsp3) is 0.381. The van der Waals surface area contributed by atoms with Crippen LogP contribution in [0.2, 0.25) is 0 Å². The van der Waals surface area contributed by atoms with Crippen molar-refractivity contribution in [3.8, 4) is 11.6 Å². The van der Waals surface area contributed by atoms with Crippen molar-refractivity contribution in [2.45, 2.75) is 25.7 Å². The van der Waals surface area contributed by atoms with Crippen LogP contribution >= 0.6 is 0 Å². The molecule has 0 saturated carbocycles. The minimum Gasteiger partial charge on any atom is -0.497 e. The zero-order chi connectivity index (χ0) is 22.2. The number of sulfonamides is 1. The number of methoxy groups -OCH3 is 1. The first-order valence-corrected chi connectivity index (χ1v) is 11.5. The van der Waals surface area contributed by atoms with Crippen molar-refractivity contribution < 1.29 is 13.2 Å². The smallest absolute Gasteiger partial charge is 0.243 e. The number of nitrogens with zero attached hydrogens (tertiary/aromatic N) is 6. The van der Waals surface area contributed by atoms with E-state index in [0.717, 1.165) is 23.0 Å².